The minimum atomic E-state index is -0.466. The molecule has 0 aliphatic heterocycles. The summed E-state index contributed by atoms with van der Waals surface area (Å²) >= 11 is 0. The fourth-order valence-electron chi connectivity index (χ4n) is 3.90. The molecule has 1 atom stereocenters. The van der Waals surface area contributed by atoms with Crippen LogP contribution in [-0.2, 0) is 9.47 Å². The number of carbonyl (C=O) groups is 3. The van der Waals surface area contributed by atoms with Gasteiger partial charge < -0.3 is 14.6 Å². The fourth-order valence-corrected chi connectivity index (χ4v) is 3.90. The van der Waals surface area contributed by atoms with Gasteiger partial charge in [0.15, 0.2) is 5.78 Å². The van der Waals surface area contributed by atoms with E-state index in [1.54, 1.807) is 37.3 Å². The summed E-state index contributed by atoms with van der Waals surface area (Å²) in [7, 11) is 2.70. The Morgan fingerprint density at radius 2 is 1.42 bits per heavy atom. The van der Waals surface area contributed by atoms with Crippen molar-refractivity contribution < 1.29 is 30.3 Å². The van der Waals surface area contributed by atoms with Crippen LogP contribution in [0.3, 0.4) is 0 Å². The lowest BCUT2D eigenvalue weighted by Crippen LogP contribution is -2.07. The lowest BCUT2D eigenvalue weighted by atomic mass is 9.97. The van der Waals surface area contributed by atoms with Crippen LogP contribution in [0.4, 0.5) is 0 Å². The van der Waals surface area contributed by atoms with Gasteiger partial charge in [0.05, 0.1) is 31.5 Å². The van der Waals surface area contributed by atoms with Crippen LogP contribution in [0.5, 0.6) is 0 Å². The molecule has 2 aromatic rings. The number of methoxy groups -OCH3 is 2. The average Bonchev–Trinajstić information content (AvgIpc) is 3.82. The molecule has 6 nitrogen and oxygen atoms in total. The second-order valence-electron chi connectivity index (χ2n) is 9.35. The number of benzene rings is 2. The molecule has 196 valence electrons. The molecule has 2 aromatic carbocycles. The Balaban J connectivity index is 0.000000235. The molecule has 1 N–H and O–H groups in total. The van der Waals surface area contributed by atoms with E-state index in [2.05, 4.69) is 9.47 Å². The fraction of sp³-hybridized carbons (Fsp3) is 0.500. The van der Waals surface area contributed by atoms with Crippen molar-refractivity contribution in [1.82, 2.24) is 0 Å². The number of hydrogen-bond donors (Lipinski definition) is 1. The first-order chi connectivity index (χ1) is 17.6. The van der Waals surface area contributed by atoms with Crippen LogP contribution in [0.1, 0.15) is 108 Å². The molecule has 2 aliphatic rings. The van der Waals surface area contributed by atoms with Crippen molar-refractivity contribution in [2.24, 2.45) is 11.8 Å². The van der Waals surface area contributed by atoms with Crippen LogP contribution in [0.25, 0.3) is 0 Å². The number of aryl methyl sites for hydroxylation is 2. The van der Waals surface area contributed by atoms with Gasteiger partial charge in [-0.1, -0.05) is 38.8 Å². The third-order valence-corrected chi connectivity index (χ3v) is 6.44. The summed E-state index contributed by atoms with van der Waals surface area (Å²) < 4.78 is 15.5. The summed E-state index contributed by atoms with van der Waals surface area (Å²) in [6.07, 6.45) is 5.67. The molecule has 0 heterocycles. The molecule has 0 bridgehead atoms. The first-order valence-corrected chi connectivity index (χ1v) is 12.5. The van der Waals surface area contributed by atoms with E-state index < -0.39 is 12.1 Å². The lowest BCUT2D eigenvalue weighted by molar-refractivity contribution is 0.0591. The molecule has 0 radical (unpaired) electrons. The summed E-state index contributed by atoms with van der Waals surface area (Å²) in [5, 5.41) is 10.1. The van der Waals surface area contributed by atoms with Gasteiger partial charge in [0.2, 0.25) is 0 Å². The number of Topliss-reactive ketones (excluding diaryl/α,β-unsaturated/α-hetero) is 1. The zero-order valence-corrected chi connectivity index (χ0v) is 22.1. The van der Waals surface area contributed by atoms with E-state index in [1.807, 2.05) is 19.9 Å². The van der Waals surface area contributed by atoms with Crippen LogP contribution in [0.15, 0.2) is 36.4 Å². The number of carbonyl (C=O) groups excluding carboxylic acids is 3. The van der Waals surface area contributed by atoms with Crippen molar-refractivity contribution in [1.29, 1.82) is 0 Å². The Labute approximate surface area is 216 Å². The topological polar surface area (TPSA) is 89.9 Å². The standard InChI is InChI=1S/C14H18O3.C14H16O3.C2H6/c2*1-9-3-6-11(14(16)17-2)8-12(9)13(15)7-10-4-5-10;1-2/h3,6,8,10,13,15H,4-5,7H2,1-2H3;3,6,8,10H,4-5,7H2,1-2H3;1-2H3/i;;1D. The molecular formula is C30H40O6. The number of aliphatic hydroxyl groups is 1. The van der Waals surface area contributed by atoms with E-state index in [9.17, 15) is 19.5 Å². The van der Waals surface area contributed by atoms with Gasteiger partial charge in [-0.25, -0.2) is 9.59 Å². The molecule has 4 rings (SSSR count). The molecule has 1 unspecified atom stereocenters. The first-order valence-electron chi connectivity index (χ1n) is 13.2. The highest BCUT2D eigenvalue weighted by Crippen LogP contribution is 2.38. The van der Waals surface area contributed by atoms with Crippen LogP contribution in [-0.4, -0.2) is 37.0 Å². The van der Waals surface area contributed by atoms with Crippen molar-refractivity contribution >= 4 is 17.7 Å². The Morgan fingerprint density at radius 3 is 1.92 bits per heavy atom. The Bertz CT molecular complexity index is 1070. The van der Waals surface area contributed by atoms with E-state index in [0.717, 1.165) is 36.0 Å². The third-order valence-electron chi connectivity index (χ3n) is 6.44. The van der Waals surface area contributed by atoms with Crippen molar-refractivity contribution in [2.75, 3.05) is 14.2 Å². The summed E-state index contributed by atoms with van der Waals surface area (Å²) in [5.41, 5.74) is 4.38. The molecule has 36 heavy (non-hydrogen) atoms. The SMILES string of the molecule is COC(=O)c1ccc(C)c(C(=O)CC2CC2)c1.COC(=O)c1ccc(C)c(C(O)CC2CC2)c1.[2H]CC. The zero-order chi connectivity index (χ0) is 27.5. The smallest absolute Gasteiger partial charge is 0.337 e. The number of esters is 2. The monoisotopic (exact) mass is 497 g/mol. The van der Waals surface area contributed by atoms with E-state index >= 15 is 0 Å². The Hall–Kier alpha value is -2.99. The number of rotatable bonds is 8. The van der Waals surface area contributed by atoms with Gasteiger partial charge in [0, 0.05) is 13.4 Å². The van der Waals surface area contributed by atoms with E-state index in [1.165, 1.54) is 27.1 Å². The van der Waals surface area contributed by atoms with Gasteiger partial charge in [-0.3, -0.25) is 4.79 Å². The predicted molar refractivity (Wildman–Crippen MR) is 140 cm³/mol. The van der Waals surface area contributed by atoms with Gasteiger partial charge in [0.1, 0.15) is 0 Å². The molecule has 0 saturated heterocycles. The summed E-state index contributed by atoms with van der Waals surface area (Å²) in [6, 6.07) is 10.5. The Kier molecular flexibility index (Phi) is 10.7. The summed E-state index contributed by atoms with van der Waals surface area (Å²) in [4.78, 5) is 34.9. The molecule has 2 fully saturated rings. The second kappa shape index (κ2) is 13.9. The normalized spacial score (nSPS) is 15.2. The molecule has 2 saturated carbocycles. The molecule has 6 heteroatoms. The van der Waals surface area contributed by atoms with Crippen molar-refractivity contribution in [3.8, 4) is 0 Å². The summed E-state index contributed by atoms with van der Waals surface area (Å²) in [6.45, 7) is 6.13. The third kappa shape index (κ3) is 8.59. The van der Waals surface area contributed by atoms with Gasteiger partial charge in [-0.05, 0) is 85.9 Å². The maximum atomic E-state index is 12.0. The number of hydrogen-bond acceptors (Lipinski definition) is 6. The largest absolute Gasteiger partial charge is 0.465 e. The van der Waals surface area contributed by atoms with Crippen LogP contribution < -0.4 is 0 Å². The number of aliphatic hydroxyl groups excluding tert-OH is 1. The van der Waals surface area contributed by atoms with Crippen molar-refractivity contribution in [2.45, 2.75) is 72.3 Å². The molecule has 0 amide bonds. The zero-order valence-electron chi connectivity index (χ0n) is 23.1. The predicted octanol–water partition coefficient (Wildman–Crippen LogP) is 6.41. The maximum Gasteiger partial charge on any atom is 0.337 e. The maximum absolute atomic E-state index is 12.0. The van der Waals surface area contributed by atoms with E-state index in [-0.39, 0.29) is 11.8 Å². The van der Waals surface area contributed by atoms with Gasteiger partial charge in [-0.2, -0.15) is 0 Å². The van der Waals surface area contributed by atoms with E-state index in [4.69, 9.17) is 1.37 Å². The number of ether oxygens (including phenoxy) is 2. The quantitative estimate of drug-likeness (QED) is 0.335. The lowest BCUT2D eigenvalue weighted by Gasteiger charge is -2.14. The molecule has 0 spiro atoms. The van der Waals surface area contributed by atoms with Gasteiger partial charge in [-0.15, -0.1) is 0 Å². The van der Waals surface area contributed by atoms with Crippen LogP contribution in [0, 0.1) is 25.7 Å². The highest BCUT2D eigenvalue weighted by molar-refractivity contribution is 6.00. The van der Waals surface area contributed by atoms with Crippen molar-refractivity contribution in [3.05, 3.63) is 69.8 Å². The number of ketones is 1. The molecule has 2 aliphatic carbocycles. The van der Waals surface area contributed by atoms with Crippen LogP contribution in [0.2, 0.25) is 0 Å². The van der Waals surface area contributed by atoms with E-state index in [0.29, 0.717) is 41.8 Å². The molecular weight excluding hydrogens is 456 g/mol. The van der Waals surface area contributed by atoms with Crippen LogP contribution >= 0.6 is 0 Å². The minimum absolute atomic E-state index is 0.135. The minimum Gasteiger partial charge on any atom is -0.465 e. The first kappa shape index (κ1) is 27.6. The average molecular weight is 498 g/mol. The van der Waals surface area contributed by atoms with Gasteiger partial charge >= 0.3 is 11.9 Å². The summed E-state index contributed by atoms with van der Waals surface area (Å²) in [5.74, 6) is 0.598. The molecule has 0 aromatic heterocycles. The second-order valence-corrected chi connectivity index (χ2v) is 9.35. The van der Waals surface area contributed by atoms with Gasteiger partial charge in [0.25, 0.3) is 0 Å². The highest BCUT2D eigenvalue weighted by Gasteiger charge is 2.27. The highest BCUT2D eigenvalue weighted by atomic mass is 16.5. The van der Waals surface area contributed by atoms with Crippen molar-refractivity contribution in [3.63, 3.8) is 0 Å². The Morgan fingerprint density at radius 1 is 0.917 bits per heavy atom.